The van der Waals surface area contributed by atoms with Gasteiger partial charge in [0.05, 0.1) is 5.56 Å². The minimum absolute atomic E-state index is 0.277. The summed E-state index contributed by atoms with van der Waals surface area (Å²) >= 11 is 3.36. The van der Waals surface area contributed by atoms with Crippen LogP contribution in [0.2, 0.25) is 0 Å². The molecule has 0 saturated carbocycles. The highest BCUT2D eigenvalue weighted by molar-refractivity contribution is 9.10. The molecule has 0 aromatic heterocycles. The maximum atomic E-state index is 11.2. The van der Waals surface area contributed by atoms with Gasteiger partial charge in [-0.05, 0) is 43.3 Å². The van der Waals surface area contributed by atoms with Crippen LogP contribution in [-0.2, 0) is 0 Å². The third kappa shape index (κ3) is 4.49. The SMILES string of the molecule is Cc1ccc(NCCOc2ccc(Br)cc2)c(C(=O)O)c1. The lowest BCUT2D eigenvalue weighted by Gasteiger charge is -2.11. The minimum Gasteiger partial charge on any atom is -0.492 e. The van der Waals surface area contributed by atoms with E-state index in [2.05, 4.69) is 21.2 Å². The van der Waals surface area contributed by atoms with Crippen molar-refractivity contribution in [2.45, 2.75) is 6.92 Å². The zero-order valence-electron chi connectivity index (χ0n) is 11.6. The van der Waals surface area contributed by atoms with E-state index in [0.717, 1.165) is 15.8 Å². The van der Waals surface area contributed by atoms with E-state index in [4.69, 9.17) is 4.74 Å². The van der Waals surface area contributed by atoms with Gasteiger partial charge in [-0.25, -0.2) is 4.79 Å². The number of rotatable bonds is 6. The van der Waals surface area contributed by atoms with Gasteiger partial charge in [-0.2, -0.15) is 0 Å². The molecule has 0 heterocycles. The third-order valence-corrected chi connectivity index (χ3v) is 3.43. The summed E-state index contributed by atoms with van der Waals surface area (Å²) in [6.45, 7) is 2.85. The summed E-state index contributed by atoms with van der Waals surface area (Å²) in [7, 11) is 0. The van der Waals surface area contributed by atoms with Crippen LogP contribution in [0.5, 0.6) is 5.75 Å². The van der Waals surface area contributed by atoms with Crippen LogP contribution in [0.15, 0.2) is 46.9 Å². The van der Waals surface area contributed by atoms with E-state index in [1.54, 1.807) is 12.1 Å². The van der Waals surface area contributed by atoms with E-state index in [9.17, 15) is 9.90 Å². The van der Waals surface area contributed by atoms with E-state index in [1.165, 1.54) is 0 Å². The highest BCUT2D eigenvalue weighted by atomic mass is 79.9. The van der Waals surface area contributed by atoms with Gasteiger partial charge in [-0.3, -0.25) is 0 Å². The van der Waals surface area contributed by atoms with E-state index in [-0.39, 0.29) is 5.56 Å². The van der Waals surface area contributed by atoms with Crippen LogP contribution in [0.3, 0.4) is 0 Å². The first-order valence-electron chi connectivity index (χ1n) is 6.52. The molecule has 0 radical (unpaired) electrons. The number of hydrogen-bond acceptors (Lipinski definition) is 3. The van der Waals surface area contributed by atoms with Crippen LogP contribution < -0.4 is 10.1 Å². The Kier molecular flexibility index (Phi) is 5.22. The number of benzene rings is 2. The van der Waals surface area contributed by atoms with Gasteiger partial charge in [0.2, 0.25) is 0 Å². The van der Waals surface area contributed by atoms with Crippen molar-refractivity contribution in [3.8, 4) is 5.75 Å². The zero-order valence-corrected chi connectivity index (χ0v) is 13.2. The van der Waals surface area contributed by atoms with Crippen molar-refractivity contribution >= 4 is 27.6 Å². The fourth-order valence-electron chi connectivity index (χ4n) is 1.87. The van der Waals surface area contributed by atoms with Gasteiger partial charge < -0.3 is 15.2 Å². The lowest BCUT2D eigenvalue weighted by Crippen LogP contribution is -2.14. The third-order valence-electron chi connectivity index (χ3n) is 2.91. The molecule has 4 nitrogen and oxygen atoms in total. The second kappa shape index (κ2) is 7.13. The molecule has 0 unspecified atom stereocenters. The Balaban J connectivity index is 1.89. The molecule has 0 aliphatic rings. The molecule has 0 atom stereocenters. The topological polar surface area (TPSA) is 58.6 Å². The largest absolute Gasteiger partial charge is 0.492 e. The highest BCUT2D eigenvalue weighted by Crippen LogP contribution is 2.18. The molecule has 2 rings (SSSR count). The number of carbonyl (C=O) groups is 1. The van der Waals surface area contributed by atoms with Crippen LogP contribution in [0, 0.1) is 6.92 Å². The lowest BCUT2D eigenvalue weighted by atomic mass is 10.1. The van der Waals surface area contributed by atoms with Gasteiger partial charge in [0, 0.05) is 16.7 Å². The molecule has 0 fully saturated rings. The molecule has 0 aliphatic carbocycles. The van der Waals surface area contributed by atoms with Crippen LogP contribution >= 0.6 is 15.9 Å². The number of anilines is 1. The summed E-state index contributed by atoms with van der Waals surface area (Å²) in [4.78, 5) is 11.2. The Bertz CT molecular complexity index is 626. The number of nitrogens with one attached hydrogen (secondary N) is 1. The second-order valence-electron chi connectivity index (χ2n) is 4.58. The van der Waals surface area contributed by atoms with E-state index < -0.39 is 5.97 Å². The quantitative estimate of drug-likeness (QED) is 0.775. The van der Waals surface area contributed by atoms with Crippen molar-refractivity contribution in [1.29, 1.82) is 0 Å². The lowest BCUT2D eigenvalue weighted by molar-refractivity contribution is 0.0698. The number of hydrogen-bond donors (Lipinski definition) is 2. The summed E-state index contributed by atoms with van der Waals surface area (Å²) in [5.74, 6) is -0.155. The summed E-state index contributed by atoms with van der Waals surface area (Å²) in [6.07, 6.45) is 0. The Morgan fingerprint density at radius 2 is 1.95 bits per heavy atom. The van der Waals surface area contributed by atoms with Crippen LogP contribution in [0.4, 0.5) is 5.69 Å². The molecular weight excluding hydrogens is 334 g/mol. The van der Waals surface area contributed by atoms with Crippen LogP contribution in [-0.4, -0.2) is 24.2 Å². The maximum Gasteiger partial charge on any atom is 0.337 e. The molecular formula is C16H16BrNO3. The first-order valence-corrected chi connectivity index (χ1v) is 7.32. The normalized spacial score (nSPS) is 10.2. The summed E-state index contributed by atoms with van der Waals surface area (Å²) < 4.78 is 6.57. The van der Waals surface area contributed by atoms with E-state index in [1.807, 2.05) is 37.3 Å². The molecule has 0 bridgehead atoms. The van der Waals surface area contributed by atoms with Crippen molar-refractivity contribution < 1.29 is 14.6 Å². The Labute approximate surface area is 131 Å². The van der Waals surface area contributed by atoms with Gasteiger partial charge in [0.25, 0.3) is 0 Å². The summed E-state index contributed by atoms with van der Waals surface area (Å²) in [6, 6.07) is 12.9. The van der Waals surface area contributed by atoms with Gasteiger partial charge in [0.15, 0.2) is 0 Å². The Morgan fingerprint density at radius 3 is 2.62 bits per heavy atom. The van der Waals surface area contributed by atoms with Crippen molar-refractivity contribution in [2.24, 2.45) is 0 Å². The zero-order chi connectivity index (χ0) is 15.2. The predicted octanol–water partition coefficient (Wildman–Crippen LogP) is 3.95. The van der Waals surface area contributed by atoms with Crippen molar-refractivity contribution in [1.82, 2.24) is 0 Å². The van der Waals surface area contributed by atoms with Crippen molar-refractivity contribution in [3.63, 3.8) is 0 Å². The number of aryl methyl sites for hydroxylation is 1. The van der Waals surface area contributed by atoms with E-state index in [0.29, 0.717) is 18.8 Å². The molecule has 0 spiro atoms. The molecule has 2 aromatic rings. The number of halogens is 1. The smallest absolute Gasteiger partial charge is 0.337 e. The molecule has 110 valence electrons. The number of carboxylic acids is 1. The molecule has 2 aromatic carbocycles. The molecule has 5 heteroatoms. The van der Waals surface area contributed by atoms with Crippen molar-refractivity contribution in [2.75, 3.05) is 18.5 Å². The average Bonchev–Trinajstić information content (AvgIpc) is 2.46. The number of ether oxygens (including phenoxy) is 1. The molecule has 0 aliphatic heterocycles. The highest BCUT2D eigenvalue weighted by Gasteiger charge is 2.09. The summed E-state index contributed by atoms with van der Waals surface area (Å²) in [5, 5.41) is 12.3. The van der Waals surface area contributed by atoms with Gasteiger partial charge in [-0.1, -0.05) is 27.6 Å². The predicted molar refractivity (Wildman–Crippen MR) is 86.3 cm³/mol. The van der Waals surface area contributed by atoms with Gasteiger partial charge in [-0.15, -0.1) is 0 Å². The maximum absolute atomic E-state index is 11.2. The first-order chi connectivity index (χ1) is 10.1. The first kappa shape index (κ1) is 15.4. The molecule has 21 heavy (non-hydrogen) atoms. The van der Waals surface area contributed by atoms with Gasteiger partial charge >= 0.3 is 5.97 Å². The second-order valence-corrected chi connectivity index (χ2v) is 5.50. The van der Waals surface area contributed by atoms with Gasteiger partial charge in [0.1, 0.15) is 12.4 Å². The fourth-order valence-corrected chi connectivity index (χ4v) is 2.14. The average molecular weight is 350 g/mol. The molecule has 0 amide bonds. The van der Waals surface area contributed by atoms with Crippen molar-refractivity contribution in [3.05, 3.63) is 58.1 Å². The summed E-state index contributed by atoms with van der Waals surface area (Å²) in [5.41, 5.74) is 1.80. The number of aromatic carboxylic acids is 1. The minimum atomic E-state index is -0.935. The Morgan fingerprint density at radius 1 is 1.24 bits per heavy atom. The molecule has 2 N–H and O–H groups in total. The standard InChI is InChI=1S/C16H16BrNO3/c1-11-2-7-15(14(10-11)16(19)20)18-8-9-21-13-5-3-12(17)4-6-13/h2-7,10,18H,8-9H2,1H3,(H,19,20). The fraction of sp³-hybridized carbons (Fsp3) is 0.188. The van der Waals surface area contributed by atoms with E-state index >= 15 is 0 Å². The molecule has 0 saturated heterocycles. The number of carboxylic acid groups (broad SMARTS) is 1. The van der Waals surface area contributed by atoms with Crippen LogP contribution in [0.1, 0.15) is 15.9 Å². The van der Waals surface area contributed by atoms with Crippen LogP contribution in [0.25, 0.3) is 0 Å². The monoisotopic (exact) mass is 349 g/mol. The Hall–Kier alpha value is -2.01.